The van der Waals surface area contributed by atoms with Crippen LogP contribution in [0.1, 0.15) is 12.2 Å². The molecule has 1 atom stereocenters. The Morgan fingerprint density at radius 3 is 2.96 bits per heavy atom. The van der Waals surface area contributed by atoms with Gasteiger partial charge >= 0.3 is 0 Å². The lowest BCUT2D eigenvalue weighted by Crippen LogP contribution is -2.45. The van der Waals surface area contributed by atoms with Crippen LogP contribution in [-0.2, 0) is 9.47 Å². The van der Waals surface area contributed by atoms with Crippen molar-refractivity contribution in [2.45, 2.75) is 12.5 Å². The number of benzene rings is 1. The predicted octanol–water partition coefficient (Wildman–Crippen LogP) is 2.56. The number of halogens is 3. The monoisotopic (exact) mass is 327 g/mol. The lowest BCUT2D eigenvalue weighted by molar-refractivity contribution is -0.0102. The smallest absolute Gasteiger partial charge is 0.297 e. The van der Waals surface area contributed by atoms with Crippen LogP contribution in [0.4, 0.5) is 19.0 Å². The number of ether oxygens (including phenoxy) is 2. The summed E-state index contributed by atoms with van der Waals surface area (Å²) in [5, 5.41) is 0.410. The minimum Gasteiger partial charge on any atom is -0.382 e. The largest absolute Gasteiger partial charge is 0.382 e. The zero-order chi connectivity index (χ0) is 16.4. The lowest BCUT2D eigenvalue weighted by Gasteiger charge is -2.34. The lowest BCUT2D eigenvalue weighted by atomic mass is 10.2. The first-order chi connectivity index (χ1) is 11.1. The molecule has 1 unspecified atom stereocenters. The van der Waals surface area contributed by atoms with Gasteiger partial charge < -0.3 is 14.4 Å². The predicted molar refractivity (Wildman–Crippen MR) is 78.3 cm³/mol. The van der Waals surface area contributed by atoms with Crippen molar-refractivity contribution in [3.8, 4) is 0 Å². The number of nitrogens with zero attached hydrogens (tertiary/aromatic N) is 3. The Labute approximate surface area is 131 Å². The van der Waals surface area contributed by atoms with Gasteiger partial charge in [0.15, 0.2) is 5.82 Å². The molecular formula is C15H16F3N3O2. The van der Waals surface area contributed by atoms with Gasteiger partial charge in [0.25, 0.3) is 6.43 Å². The first-order valence-electron chi connectivity index (χ1n) is 7.19. The highest BCUT2D eigenvalue weighted by Crippen LogP contribution is 2.29. The summed E-state index contributed by atoms with van der Waals surface area (Å²) in [6, 6.07) is 3.84. The number of aromatic nitrogens is 2. The van der Waals surface area contributed by atoms with Gasteiger partial charge in [-0.15, -0.1) is 0 Å². The summed E-state index contributed by atoms with van der Waals surface area (Å²) in [6.07, 6.45) is -2.98. The fraction of sp³-hybridized carbons (Fsp3) is 0.467. The Hall–Kier alpha value is -1.93. The van der Waals surface area contributed by atoms with Crippen molar-refractivity contribution in [1.82, 2.24) is 9.97 Å². The molecule has 8 heteroatoms. The topological polar surface area (TPSA) is 47.5 Å². The van der Waals surface area contributed by atoms with E-state index in [1.807, 2.05) is 4.90 Å². The highest BCUT2D eigenvalue weighted by Gasteiger charge is 2.25. The molecule has 1 aliphatic heterocycles. The Bertz CT molecular complexity index is 697. The number of methoxy groups -OCH3 is 1. The molecule has 2 heterocycles. The summed E-state index contributed by atoms with van der Waals surface area (Å²) >= 11 is 0. The number of anilines is 1. The summed E-state index contributed by atoms with van der Waals surface area (Å²) in [5.41, 5.74) is 0.293. The third kappa shape index (κ3) is 3.37. The highest BCUT2D eigenvalue weighted by atomic mass is 19.3. The third-order valence-corrected chi connectivity index (χ3v) is 3.64. The molecule has 23 heavy (non-hydrogen) atoms. The van der Waals surface area contributed by atoms with E-state index in [1.165, 1.54) is 18.2 Å². The summed E-state index contributed by atoms with van der Waals surface area (Å²) < 4.78 is 50.3. The van der Waals surface area contributed by atoms with Gasteiger partial charge in [0.1, 0.15) is 11.6 Å². The second-order valence-electron chi connectivity index (χ2n) is 5.26. The minimum atomic E-state index is -2.79. The van der Waals surface area contributed by atoms with Crippen LogP contribution >= 0.6 is 0 Å². The standard InChI is InChI=1S/C15H16F3N3O2/c1-22-8-10-7-21(4-5-23-10)15-11-6-9(16)2-3-12(11)19-14(20-15)13(17)18/h2-3,6,10,13H,4-5,7-8H2,1H3. The van der Waals surface area contributed by atoms with E-state index in [-0.39, 0.29) is 6.10 Å². The normalized spacial score (nSPS) is 18.8. The molecule has 0 N–H and O–H groups in total. The van der Waals surface area contributed by atoms with Gasteiger partial charge in [0.05, 0.1) is 24.8 Å². The molecule has 0 bridgehead atoms. The van der Waals surface area contributed by atoms with Crippen molar-refractivity contribution in [3.05, 3.63) is 29.8 Å². The van der Waals surface area contributed by atoms with Crippen molar-refractivity contribution in [2.24, 2.45) is 0 Å². The van der Waals surface area contributed by atoms with E-state index < -0.39 is 18.1 Å². The minimum absolute atomic E-state index is 0.192. The number of rotatable bonds is 4. The van der Waals surface area contributed by atoms with Crippen LogP contribution in [0.15, 0.2) is 18.2 Å². The molecule has 0 spiro atoms. The number of alkyl halides is 2. The van der Waals surface area contributed by atoms with Gasteiger partial charge in [-0.3, -0.25) is 0 Å². The number of hydrogen-bond acceptors (Lipinski definition) is 5. The van der Waals surface area contributed by atoms with E-state index in [2.05, 4.69) is 9.97 Å². The Morgan fingerprint density at radius 1 is 1.39 bits per heavy atom. The molecule has 0 amide bonds. The average Bonchev–Trinajstić information content (AvgIpc) is 2.54. The molecule has 1 aliphatic rings. The second-order valence-corrected chi connectivity index (χ2v) is 5.26. The van der Waals surface area contributed by atoms with Gasteiger partial charge in [0.2, 0.25) is 0 Å². The maximum Gasteiger partial charge on any atom is 0.297 e. The summed E-state index contributed by atoms with van der Waals surface area (Å²) in [7, 11) is 1.56. The summed E-state index contributed by atoms with van der Waals surface area (Å²) in [6.45, 7) is 1.71. The van der Waals surface area contributed by atoms with Gasteiger partial charge in [-0.1, -0.05) is 0 Å². The van der Waals surface area contributed by atoms with E-state index >= 15 is 0 Å². The van der Waals surface area contributed by atoms with Crippen molar-refractivity contribution in [3.63, 3.8) is 0 Å². The molecular weight excluding hydrogens is 311 g/mol. The van der Waals surface area contributed by atoms with E-state index in [9.17, 15) is 13.2 Å². The van der Waals surface area contributed by atoms with E-state index in [0.717, 1.165) is 0 Å². The molecule has 5 nitrogen and oxygen atoms in total. The van der Waals surface area contributed by atoms with Gasteiger partial charge in [-0.05, 0) is 18.2 Å². The maximum atomic E-state index is 13.6. The Kier molecular flexibility index (Phi) is 4.63. The molecule has 1 saturated heterocycles. The zero-order valence-corrected chi connectivity index (χ0v) is 12.5. The Balaban J connectivity index is 2.05. The number of morpholine rings is 1. The average molecular weight is 327 g/mol. The van der Waals surface area contributed by atoms with Crippen LogP contribution in [0.2, 0.25) is 0 Å². The molecule has 2 aromatic rings. The third-order valence-electron chi connectivity index (χ3n) is 3.64. The van der Waals surface area contributed by atoms with E-state index in [4.69, 9.17) is 9.47 Å². The van der Waals surface area contributed by atoms with Crippen molar-refractivity contribution < 1.29 is 22.6 Å². The highest BCUT2D eigenvalue weighted by molar-refractivity contribution is 5.89. The number of hydrogen-bond donors (Lipinski definition) is 0. The summed E-state index contributed by atoms with van der Waals surface area (Å²) in [4.78, 5) is 9.59. The van der Waals surface area contributed by atoms with Crippen molar-refractivity contribution >= 4 is 16.7 Å². The van der Waals surface area contributed by atoms with Crippen LogP contribution in [0.25, 0.3) is 10.9 Å². The molecule has 3 rings (SSSR count). The van der Waals surface area contributed by atoms with Crippen LogP contribution in [0.5, 0.6) is 0 Å². The van der Waals surface area contributed by atoms with Gasteiger partial charge in [0, 0.05) is 25.6 Å². The first kappa shape index (κ1) is 15.9. The fourth-order valence-corrected chi connectivity index (χ4v) is 2.64. The fourth-order valence-electron chi connectivity index (χ4n) is 2.64. The van der Waals surface area contributed by atoms with Crippen LogP contribution in [-0.4, -0.2) is 49.5 Å². The van der Waals surface area contributed by atoms with Crippen LogP contribution in [0.3, 0.4) is 0 Å². The summed E-state index contributed by atoms with van der Waals surface area (Å²) in [5.74, 6) is -0.725. The van der Waals surface area contributed by atoms with Crippen molar-refractivity contribution in [1.29, 1.82) is 0 Å². The molecule has 0 aliphatic carbocycles. The molecule has 0 saturated carbocycles. The quantitative estimate of drug-likeness (QED) is 0.864. The molecule has 0 radical (unpaired) electrons. The van der Waals surface area contributed by atoms with E-state index in [0.29, 0.717) is 43.0 Å². The molecule has 1 aromatic heterocycles. The Morgan fingerprint density at radius 2 is 2.22 bits per heavy atom. The number of fused-ring (bicyclic) bond motifs is 1. The first-order valence-corrected chi connectivity index (χ1v) is 7.19. The van der Waals surface area contributed by atoms with Crippen molar-refractivity contribution in [2.75, 3.05) is 38.3 Å². The maximum absolute atomic E-state index is 13.6. The zero-order valence-electron chi connectivity index (χ0n) is 12.5. The van der Waals surface area contributed by atoms with Gasteiger partial charge in [-0.25, -0.2) is 23.1 Å². The molecule has 124 valence electrons. The van der Waals surface area contributed by atoms with Crippen LogP contribution in [0, 0.1) is 5.82 Å². The SMILES string of the molecule is COCC1CN(c2nc(C(F)F)nc3ccc(F)cc23)CCO1. The second kappa shape index (κ2) is 6.67. The molecule has 1 fully saturated rings. The van der Waals surface area contributed by atoms with Crippen LogP contribution < -0.4 is 4.90 Å². The molecule has 1 aromatic carbocycles. The van der Waals surface area contributed by atoms with Gasteiger partial charge in [-0.2, -0.15) is 0 Å². The van der Waals surface area contributed by atoms with E-state index in [1.54, 1.807) is 7.11 Å².